The minimum absolute atomic E-state index is 0.0930. The lowest BCUT2D eigenvalue weighted by Crippen LogP contribution is -2.27. The van der Waals surface area contributed by atoms with Gasteiger partial charge in [0.15, 0.2) is 11.5 Å². The van der Waals surface area contributed by atoms with Gasteiger partial charge in [0.1, 0.15) is 0 Å². The number of nitrogens with zero attached hydrogens (tertiary/aromatic N) is 1. The maximum atomic E-state index is 12.7. The van der Waals surface area contributed by atoms with E-state index in [1.54, 1.807) is 43.3 Å². The number of hydrogen-bond acceptors (Lipinski definition) is 5. The number of imide groups is 1. The summed E-state index contributed by atoms with van der Waals surface area (Å²) in [6.07, 6.45) is 1.47. The number of carbonyl (C=O) groups is 2. The Hall–Kier alpha value is -1.96. The molecule has 1 aliphatic rings. The molecule has 1 heterocycles. The van der Waals surface area contributed by atoms with E-state index in [-0.39, 0.29) is 10.7 Å². The Kier molecular flexibility index (Phi) is 5.60. The number of hydrogen-bond donors (Lipinski definition) is 1. The zero-order valence-corrected chi connectivity index (χ0v) is 16.7. The van der Waals surface area contributed by atoms with Crippen molar-refractivity contribution in [3.05, 3.63) is 56.4 Å². The number of amides is 2. The Balaban J connectivity index is 1.98. The summed E-state index contributed by atoms with van der Waals surface area (Å²) >= 11 is 10.1. The van der Waals surface area contributed by atoms with E-state index in [0.717, 1.165) is 16.7 Å². The van der Waals surface area contributed by atoms with Crippen molar-refractivity contribution in [2.75, 3.05) is 11.5 Å². The molecular weight excluding hydrogens is 442 g/mol. The molecule has 2 amide bonds. The van der Waals surface area contributed by atoms with Gasteiger partial charge >= 0.3 is 0 Å². The summed E-state index contributed by atoms with van der Waals surface area (Å²) in [5.74, 6) is -0.272. The lowest BCUT2D eigenvalue weighted by Gasteiger charge is -2.12. The second-order valence-electron chi connectivity index (χ2n) is 5.27. The first-order valence-corrected chi connectivity index (χ1v) is 9.58. The van der Waals surface area contributed by atoms with Gasteiger partial charge in [-0.2, -0.15) is 0 Å². The maximum absolute atomic E-state index is 12.7. The topological polar surface area (TPSA) is 66.8 Å². The van der Waals surface area contributed by atoms with E-state index in [1.807, 2.05) is 0 Å². The molecule has 26 heavy (non-hydrogen) atoms. The van der Waals surface area contributed by atoms with E-state index in [9.17, 15) is 14.7 Å². The normalized spacial score (nSPS) is 15.8. The highest BCUT2D eigenvalue weighted by molar-refractivity contribution is 9.10. The molecule has 0 aliphatic carbocycles. The molecular formula is C18H13BrClNO4S. The molecule has 0 radical (unpaired) electrons. The number of ether oxygens (including phenoxy) is 1. The van der Waals surface area contributed by atoms with Crippen LogP contribution in [-0.2, 0) is 4.79 Å². The van der Waals surface area contributed by atoms with Gasteiger partial charge in [0.2, 0.25) is 0 Å². The van der Waals surface area contributed by atoms with E-state index in [0.29, 0.717) is 33.1 Å². The minimum atomic E-state index is -0.473. The van der Waals surface area contributed by atoms with Gasteiger partial charge in [0.25, 0.3) is 11.1 Å². The molecule has 5 nitrogen and oxygen atoms in total. The molecule has 8 heteroatoms. The molecule has 0 aromatic heterocycles. The number of phenols is 1. The molecule has 0 bridgehead atoms. The fourth-order valence-corrected chi connectivity index (χ4v) is 3.89. The van der Waals surface area contributed by atoms with Crippen LogP contribution in [0.3, 0.4) is 0 Å². The van der Waals surface area contributed by atoms with Gasteiger partial charge in [-0.25, -0.2) is 4.90 Å². The predicted octanol–water partition coefficient (Wildman–Crippen LogP) is 5.45. The monoisotopic (exact) mass is 453 g/mol. The van der Waals surface area contributed by atoms with Crippen LogP contribution in [0.15, 0.2) is 45.8 Å². The fraction of sp³-hybridized carbons (Fsp3) is 0.111. The summed E-state index contributed by atoms with van der Waals surface area (Å²) in [7, 11) is 0. The first-order valence-electron chi connectivity index (χ1n) is 7.59. The third kappa shape index (κ3) is 3.75. The molecule has 2 aromatic rings. The summed E-state index contributed by atoms with van der Waals surface area (Å²) in [4.78, 5) is 26.2. The van der Waals surface area contributed by atoms with E-state index >= 15 is 0 Å². The third-order valence-corrected chi connectivity index (χ3v) is 5.08. The Morgan fingerprint density at radius 2 is 2.08 bits per heavy atom. The lowest BCUT2D eigenvalue weighted by atomic mass is 10.1. The van der Waals surface area contributed by atoms with Crippen molar-refractivity contribution in [3.8, 4) is 11.5 Å². The summed E-state index contributed by atoms with van der Waals surface area (Å²) < 4.78 is 6.06. The number of benzene rings is 2. The Labute approximate surface area is 167 Å². The SMILES string of the molecule is CCOc1cc(Br)cc(/C=C2/SC(=O)N(c3cccc(Cl)c3)C2=O)c1O. The molecule has 2 aromatic carbocycles. The fourth-order valence-electron chi connectivity index (χ4n) is 2.42. The van der Waals surface area contributed by atoms with Crippen LogP contribution >= 0.6 is 39.3 Å². The van der Waals surface area contributed by atoms with Crippen LogP contribution in [-0.4, -0.2) is 22.9 Å². The Bertz CT molecular complexity index is 931. The van der Waals surface area contributed by atoms with E-state index in [1.165, 1.54) is 6.08 Å². The zero-order valence-electron chi connectivity index (χ0n) is 13.5. The molecule has 1 aliphatic heterocycles. The summed E-state index contributed by atoms with van der Waals surface area (Å²) in [5.41, 5.74) is 0.774. The smallest absolute Gasteiger partial charge is 0.298 e. The van der Waals surface area contributed by atoms with Crippen LogP contribution in [0.25, 0.3) is 6.08 Å². The highest BCUT2D eigenvalue weighted by Gasteiger charge is 2.36. The van der Waals surface area contributed by atoms with Crippen LogP contribution in [0.2, 0.25) is 5.02 Å². The summed E-state index contributed by atoms with van der Waals surface area (Å²) in [6.45, 7) is 2.19. The van der Waals surface area contributed by atoms with Crippen molar-refractivity contribution in [2.45, 2.75) is 6.92 Å². The number of phenolic OH excluding ortho intramolecular Hbond substituents is 1. The molecule has 1 N–H and O–H groups in total. The van der Waals surface area contributed by atoms with Crippen molar-refractivity contribution in [3.63, 3.8) is 0 Å². The number of anilines is 1. The molecule has 0 saturated carbocycles. The van der Waals surface area contributed by atoms with Crippen molar-refractivity contribution >= 4 is 62.2 Å². The Morgan fingerprint density at radius 1 is 1.31 bits per heavy atom. The van der Waals surface area contributed by atoms with Crippen molar-refractivity contribution in [1.82, 2.24) is 0 Å². The van der Waals surface area contributed by atoms with Crippen LogP contribution < -0.4 is 9.64 Å². The minimum Gasteiger partial charge on any atom is -0.504 e. The summed E-state index contributed by atoms with van der Waals surface area (Å²) in [5, 5.41) is 10.3. The molecule has 1 saturated heterocycles. The van der Waals surface area contributed by atoms with E-state index in [2.05, 4.69) is 15.9 Å². The van der Waals surface area contributed by atoms with Crippen molar-refractivity contribution in [2.24, 2.45) is 0 Å². The number of carbonyl (C=O) groups excluding carboxylic acids is 2. The first kappa shape index (κ1) is 18.8. The van der Waals surface area contributed by atoms with Gasteiger partial charge in [0.05, 0.1) is 17.2 Å². The largest absolute Gasteiger partial charge is 0.504 e. The van der Waals surface area contributed by atoms with Crippen LogP contribution in [0, 0.1) is 0 Å². The highest BCUT2D eigenvalue weighted by Crippen LogP contribution is 2.40. The number of aromatic hydroxyl groups is 1. The predicted molar refractivity (Wildman–Crippen MR) is 107 cm³/mol. The van der Waals surface area contributed by atoms with Gasteiger partial charge in [-0.15, -0.1) is 0 Å². The first-order chi connectivity index (χ1) is 12.4. The zero-order chi connectivity index (χ0) is 18.8. The van der Waals surface area contributed by atoms with Crippen molar-refractivity contribution in [1.29, 1.82) is 0 Å². The average molecular weight is 455 g/mol. The van der Waals surface area contributed by atoms with Gasteiger partial charge in [-0.1, -0.05) is 33.6 Å². The van der Waals surface area contributed by atoms with Gasteiger partial charge in [0, 0.05) is 15.1 Å². The maximum Gasteiger partial charge on any atom is 0.298 e. The van der Waals surface area contributed by atoms with Crippen LogP contribution in [0.5, 0.6) is 11.5 Å². The molecule has 0 atom stereocenters. The van der Waals surface area contributed by atoms with Gasteiger partial charge in [-0.05, 0) is 55.1 Å². The lowest BCUT2D eigenvalue weighted by molar-refractivity contribution is -0.113. The number of halogens is 2. The van der Waals surface area contributed by atoms with Crippen molar-refractivity contribution < 1.29 is 19.4 Å². The van der Waals surface area contributed by atoms with Crippen LogP contribution in [0.4, 0.5) is 10.5 Å². The molecule has 3 rings (SSSR count). The standard InChI is InChI=1S/C18H13BrClNO4S/c1-2-25-14-8-11(19)6-10(16(14)22)7-15-17(23)21(18(24)26-15)13-5-3-4-12(20)9-13/h3-9,22H,2H2,1H3/b15-7+. The second-order valence-corrected chi connectivity index (χ2v) is 7.62. The van der Waals surface area contributed by atoms with E-state index in [4.69, 9.17) is 16.3 Å². The molecule has 1 fully saturated rings. The molecule has 0 spiro atoms. The number of rotatable bonds is 4. The highest BCUT2D eigenvalue weighted by atomic mass is 79.9. The quantitative estimate of drug-likeness (QED) is 0.622. The third-order valence-electron chi connectivity index (χ3n) is 3.52. The molecule has 0 unspecified atom stereocenters. The van der Waals surface area contributed by atoms with Gasteiger partial charge < -0.3 is 9.84 Å². The number of thioether (sulfide) groups is 1. The average Bonchev–Trinajstić information content (AvgIpc) is 2.86. The van der Waals surface area contributed by atoms with E-state index < -0.39 is 11.1 Å². The van der Waals surface area contributed by atoms with Gasteiger partial charge in [-0.3, -0.25) is 9.59 Å². The molecule has 134 valence electrons. The van der Waals surface area contributed by atoms with Crippen LogP contribution in [0.1, 0.15) is 12.5 Å². The summed E-state index contributed by atoms with van der Waals surface area (Å²) in [6, 6.07) is 9.78. The second kappa shape index (κ2) is 7.73. The Morgan fingerprint density at radius 3 is 2.77 bits per heavy atom.